The van der Waals surface area contributed by atoms with Gasteiger partial charge in [0.1, 0.15) is 11.3 Å². The molecule has 3 aromatic rings. The molecule has 0 unspecified atom stereocenters. The second-order valence-electron chi connectivity index (χ2n) is 5.16. The Morgan fingerprint density at radius 2 is 1.91 bits per heavy atom. The van der Waals surface area contributed by atoms with E-state index in [2.05, 4.69) is 5.32 Å². The van der Waals surface area contributed by atoms with Gasteiger partial charge in [0.25, 0.3) is 5.91 Å². The third-order valence-electron chi connectivity index (χ3n) is 3.65. The molecular formula is C17H15NO4S. The molecule has 118 valence electrons. The number of rotatable bonds is 3. The Balaban J connectivity index is 1.96. The van der Waals surface area contributed by atoms with Crippen molar-refractivity contribution in [1.82, 2.24) is 0 Å². The SMILES string of the molecule is COc1ccc(C(=O)Nc2c(C)cc3oc(=O)sc3c2C)cc1. The summed E-state index contributed by atoms with van der Waals surface area (Å²) < 4.78 is 11.0. The average molecular weight is 329 g/mol. The lowest BCUT2D eigenvalue weighted by Gasteiger charge is -2.12. The zero-order valence-electron chi connectivity index (χ0n) is 12.9. The summed E-state index contributed by atoms with van der Waals surface area (Å²) in [5.74, 6) is 0.479. The van der Waals surface area contributed by atoms with Gasteiger partial charge >= 0.3 is 4.94 Å². The Labute approximate surface area is 136 Å². The standard InChI is InChI=1S/C17H15NO4S/c1-9-8-13-15(23-17(20)22-13)10(2)14(9)18-16(19)11-4-6-12(21-3)7-5-11/h4-8H,1-3H3,(H,18,19). The highest BCUT2D eigenvalue weighted by molar-refractivity contribution is 7.16. The number of carbonyl (C=O) groups is 1. The molecule has 3 rings (SSSR count). The van der Waals surface area contributed by atoms with Gasteiger partial charge in [-0.3, -0.25) is 4.79 Å². The molecule has 0 bridgehead atoms. The van der Waals surface area contributed by atoms with Crippen molar-refractivity contribution in [2.45, 2.75) is 13.8 Å². The second-order valence-corrected chi connectivity index (χ2v) is 6.10. The van der Waals surface area contributed by atoms with Crippen LogP contribution in [0, 0.1) is 13.8 Å². The van der Waals surface area contributed by atoms with Crippen LogP contribution in [0.3, 0.4) is 0 Å². The van der Waals surface area contributed by atoms with Crippen LogP contribution in [0.2, 0.25) is 0 Å². The molecule has 1 amide bonds. The number of carbonyl (C=O) groups excluding carboxylic acids is 1. The van der Waals surface area contributed by atoms with E-state index in [0.29, 0.717) is 22.6 Å². The molecule has 0 spiro atoms. The van der Waals surface area contributed by atoms with Gasteiger partial charge in [0.2, 0.25) is 0 Å². The zero-order chi connectivity index (χ0) is 16.6. The van der Waals surface area contributed by atoms with Crippen LogP contribution in [0.5, 0.6) is 5.75 Å². The van der Waals surface area contributed by atoms with Crippen molar-refractivity contribution in [1.29, 1.82) is 0 Å². The fourth-order valence-electron chi connectivity index (χ4n) is 2.45. The molecule has 1 N–H and O–H groups in total. The van der Waals surface area contributed by atoms with Crippen LogP contribution >= 0.6 is 11.3 Å². The number of benzene rings is 2. The van der Waals surface area contributed by atoms with E-state index >= 15 is 0 Å². The summed E-state index contributed by atoms with van der Waals surface area (Å²) in [7, 11) is 1.58. The van der Waals surface area contributed by atoms with Gasteiger partial charge < -0.3 is 14.5 Å². The molecule has 6 heteroatoms. The highest BCUT2D eigenvalue weighted by atomic mass is 32.1. The van der Waals surface area contributed by atoms with Crippen molar-refractivity contribution in [3.8, 4) is 5.75 Å². The first-order valence-electron chi connectivity index (χ1n) is 6.99. The average Bonchev–Trinajstić information content (AvgIpc) is 2.91. The van der Waals surface area contributed by atoms with Crippen LogP contribution in [0.1, 0.15) is 21.5 Å². The predicted molar refractivity (Wildman–Crippen MR) is 90.8 cm³/mol. The number of aryl methyl sites for hydroxylation is 2. The summed E-state index contributed by atoms with van der Waals surface area (Å²) in [6.45, 7) is 3.73. The number of nitrogens with one attached hydrogen (secondary N) is 1. The van der Waals surface area contributed by atoms with Crippen molar-refractivity contribution >= 4 is 33.2 Å². The third-order valence-corrected chi connectivity index (χ3v) is 4.61. The van der Waals surface area contributed by atoms with E-state index in [1.165, 1.54) is 0 Å². The minimum absolute atomic E-state index is 0.214. The van der Waals surface area contributed by atoms with E-state index < -0.39 is 0 Å². The summed E-state index contributed by atoms with van der Waals surface area (Å²) in [4.78, 5) is 23.5. The first kappa shape index (κ1) is 15.3. The van der Waals surface area contributed by atoms with Crippen molar-refractivity contribution in [2.75, 3.05) is 12.4 Å². The fourth-order valence-corrected chi connectivity index (χ4v) is 3.20. The summed E-state index contributed by atoms with van der Waals surface area (Å²) in [5, 5.41) is 2.92. The molecule has 1 aromatic heterocycles. The van der Waals surface area contributed by atoms with Gasteiger partial charge in [0.05, 0.1) is 11.8 Å². The second kappa shape index (κ2) is 5.89. The maximum atomic E-state index is 12.4. The molecule has 0 aliphatic rings. The molecule has 0 saturated carbocycles. The van der Waals surface area contributed by atoms with Gasteiger partial charge in [-0.2, -0.15) is 0 Å². The predicted octanol–water partition coefficient (Wildman–Crippen LogP) is 3.73. The number of hydrogen-bond donors (Lipinski definition) is 1. The first-order chi connectivity index (χ1) is 11.0. The van der Waals surface area contributed by atoms with Gasteiger partial charge in [0, 0.05) is 11.3 Å². The molecule has 5 nitrogen and oxygen atoms in total. The molecule has 0 saturated heterocycles. The molecule has 1 heterocycles. The summed E-state index contributed by atoms with van der Waals surface area (Å²) in [6.07, 6.45) is 0. The Morgan fingerprint density at radius 3 is 2.57 bits per heavy atom. The Morgan fingerprint density at radius 1 is 1.22 bits per heavy atom. The number of methoxy groups -OCH3 is 1. The maximum Gasteiger partial charge on any atom is 0.396 e. The van der Waals surface area contributed by atoms with E-state index in [1.807, 2.05) is 13.8 Å². The van der Waals surface area contributed by atoms with Crippen LogP contribution in [-0.2, 0) is 0 Å². The minimum Gasteiger partial charge on any atom is -0.497 e. The lowest BCUT2D eigenvalue weighted by molar-refractivity contribution is 0.102. The van der Waals surface area contributed by atoms with E-state index in [9.17, 15) is 9.59 Å². The fraction of sp³-hybridized carbons (Fsp3) is 0.176. The lowest BCUT2D eigenvalue weighted by atomic mass is 10.1. The van der Waals surface area contributed by atoms with E-state index in [0.717, 1.165) is 27.2 Å². The van der Waals surface area contributed by atoms with Gasteiger partial charge in [-0.1, -0.05) is 11.3 Å². The molecule has 0 atom stereocenters. The van der Waals surface area contributed by atoms with Crippen LogP contribution in [0.15, 0.2) is 39.5 Å². The molecule has 0 aliphatic carbocycles. The Bertz CT molecular complexity index is 938. The van der Waals surface area contributed by atoms with Crippen LogP contribution in [0.4, 0.5) is 5.69 Å². The monoisotopic (exact) mass is 329 g/mol. The van der Waals surface area contributed by atoms with Crippen molar-refractivity contribution in [2.24, 2.45) is 0 Å². The summed E-state index contributed by atoms with van der Waals surface area (Å²) in [5.41, 5.74) is 3.47. The quantitative estimate of drug-likeness (QED) is 0.795. The first-order valence-corrected chi connectivity index (χ1v) is 7.80. The van der Waals surface area contributed by atoms with E-state index in [1.54, 1.807) is 37.4 Å². The summed E-state index contributed by atoms with van der Waals surface area (Å²) in [6, 6.07) is 8.64. The van der Waals surface area contributed by atoms with Gasteiger partial charge in [-0.15, -0.1) is 0 Å². The van der Waals surface area contributed by atoms with Crippen molar-refractivity contribution < 1.29 is 13.9 Å². The van der Waals surface area contributed by atoms with Gasteiger partial charge in [-0.05, 0) is 55.3 Å². The molecule has 0 radical (unpaired) electrons. The topological polar surface area (TPSA) is 68.5 Å². The van der Waals surface area contributed by atoms with E-state index in [-0.39, 0.29) is 10.8 Å². The van der Waals surface area contributed by atoms with Crippen molar-refractivity contribution in [3.05, 3.63) is 56.8 Å². The highest BCUT2D eigenvalue weighted by Gasteiger charge is 2.15. The molecule has 2 aromatic carbocycles. The van der Waals surface area contributed by atoms with E-state index in [4.69, 9.17) is 9.15 Å². The van der Waals surface area contributed by atoms with Gasteiger partial charge in [0.15, 0.2) is 0 Å². The number of hydrogen-bond acceptors (Lipinski definition) is 5. The van der Waals surface area contributed by atoms with Crippen LogP contribution in [-0.4, -0.2) is 13.0 Å². The number of ether oxygens (including phenoxy) is 1. The zero-order valence-corrected chi connectivity index (χ0v) is 13.7. The minimum atomic E-state index is -0.346. The molecule has 23 heavy (non-hydrogen) atoms. The molecule has 0 fully saturated rings. The smallest absolute Gasteiger partial charge is 0.396 e. The van der Waals surface area contributed by atoms with Crippen LogP contribution < -0.4 is 15.0 Å². The number of fused-ring (bicyclic) bond motifs is 1. The highest BCUT2D eigenvalue weighted by Crippen LogP contribution is 2.31. The number of amides is 1. The van der Waals surface area contributed by atoms with Crippen LogP contribution in [0.25, 0.3) is 10.3 Å². The number of anilines is 1. The molecular weight excluding hydrogens is 314 g/mol. The largest absolute Gasteiger partial charge is 0.497 e. The Kier molecular flexibility index (Phi) is 3.92. The van der Waals surface area contributed by atoms with Gasteiger partial charge in [-0.25, -0.2) is 4.79 Å². The third kappa shape index (κ3) is 2.85. The maximum absolute atomic E-state index is 12.4. The Hall–Kier alpha value is -2.60. The molecule has 0 aliphatic heterocycles. The summed E-state index contributed by atoms with van der Waals surface area (Å²) >= 11 is 1.04. The normalized spacial score (nSPS) is 10.7. The lowest BCUT2D eigenvalue weighted by Crippen LogP contribution is -2.13. The van der Waals surface area contributed by atoms with Crippen molar-refractivity contribution in [3.63, 3.8) is 0 Å².